The molecule has 2 heterocycles. The van der Waals surface area contributed by atoms with Crippen LogP contribution in [-0.2, 0) is 20.4 Å². The summed E-state index contributed by atoms with van der Waals surface area (Å²) in [7, 11) is -6.54. The third-order valence-corrected chi connectivity index (χ3v) is 14.8. The molecule has 51 heavy (non-hydrogen) atoms. The van der Waals surface area contributed by atoms with Crippen LogP contribution < -0.4 is 15.3 Å². The second-order valence-electron chi connectivity index (χ2n) is 14.0. The number of rotatable bonds is 6. The Morgan fingerprint density at radius 2 is 1.04 bits per heavy atom. The second kappa shape index (κ2) is 11.7. The fourth-order valence-electron chi connectivity index (χ4n) is 7.62. The molecule has 4 aromatic rings. The van der Waals surface area contributed by atoms with Crippen molar-refractivity contribution in [1.82, 2.24) is 0 Å². The van der Waals surface area contributed by atoms with Gasteiger partial charge in [-0.2, -0.15) is 0 Å². The molecule has 1 unspecified atom stereocenters. The van der Waals surface area contributed by atoms with Crippen molar-refractivity contribution in [3.05, 3.63) is 125 Å². The zero-order chi connectivity index (χ0) is 37.6. The number of hydrogen-bond donors (Lipinski definition) is 0. The first-order valence-corrected chi connectivity index (χ1v) is 18.5. The average molecular weight is 742 g/mol. The monoisotopic (exact) mass is 741 g/mol. The molecule has 0 bridgehead atoms. The van der Waals surface area contributed by atoms with E-state index < -0.39 is 65.3 Å². The van der Waals surface area contributed by atoms with Crippen molar-refractivity contribution in [2.45, 2.75) is 89.2 Å². The molecule has 3 nitrogen and oxygen atoms in total. The summed E-state index contributed by atoms with van der Waals surface area (Å²) in [5, 5.41) is -0.975. The molecule has 4 aromatic carbocycles. The zero-order valence-corrected chi connectivity index (χ0v) is 29.5. The van der Waals surface area contributed by atoms with Gasteiger partial charge < -0.3 is 0 Å². The quantitative estimate of drug-likeness (QED) is 0.145. The normalized spacial score (nSPS) is 21.8. The molecule has 2 aliphatic rings. The first kappa shape index (κ1) is 37.2. The molecule has 1 fully saturated rings. The van der Waals surface area contributed by atoms with Gasteiger partial charge in [-0.25, -0.2) is 0 Å². The maximum absolute atomic E-state index is 16.2. The first-order valence-electron chi connectivity index (χ1n) is 16.5. The van der Waals surface area contributed by atoms with Crippen molar-refractivity contribution in [3.63, 3.8) is 0 Å². The first-order chi connectivity index (χ1) is 23.6. The average Bonchev–Trinajstić information content (AvgIpc) is 3.34. The van der Waals surface area contributed by atoms with E-state index in [1.54, 1.807) is 39.8 Å². The molecule has 0 amide bonds. The van der Waals surface area contributed by atoms with Crippen LogP contribution in [0.1, 0.15) is 87.1 Å². The molecule has 0 saturated carbocycles. The van der Waals surface area contributed by atoms with Gasteiger partial charge >= 0.3 is 291 Å². The summed E-state index contributed by atoms with van der Waals surface area (Å²) in [6.45, 7) is 10.5. The van der Waals surface area contributed by atoms with Crippen LogP contribution in [0.5, 0.6) is 0 Å². The zero-order valence-electron chi connectivity index (χ0n) is 28.6. The Labute approximate surface area is 290 Å². The van der Waals surface area contributed by atoms with Crippen molar-refractivity contribution in [2.75, 3.05) is 4.67 Å². The van der Waals surface area contributed by atoms with E-state index in [4.69, 9.17) is 9.05 Å². The topological polar surface area (TPSA) is 21.7 Å². The third-order valence-electron chi connectivity index (χ3n) is 9.82. The number of hydrogen-bond acceptors (Lipinski definition) is 3. The van der Waals surface area contributed by atoms with Crippen molar-refractivity contribution >= 4 is 23.5 Å². The van der Waals surface area contributed by atoms with Gasteiger partial charge in [0, 0.05) is 0 Å². The molecular weight excluding hydrogens is 704 g/mol. The van der Waals surface area contributed by atoms with E-state index in [1.165, 1.54) is 54.6 Å². The molecule has 0 aromatic heterocycles. The van der Waals surface area contributed by atoms with Crippen LogP contribution in [0.2, 0.25) is 0 Å². The van der Waals surface area contributed by atoms with Crippen LogP contribution in [0.25, 0.3) is 0 Å². The summed E-state index contributed by atoms with van der Waals surface area (Å²) in [4.78, 5) is 0. The summed E-state index contributed by atoms with van der Waals surface area (Å²) < 4.78 is 155. The molecule has 0 aliphatic carbocycles. The van der Waals surface area contributed by atoms with Gasteiger partial charge in [0.2, 0.25) is 0 Å². The summed E-state index contributed by atoms with van der Waals surface area (Å²) >= 11 is 0. The van der Waals surface area contributed by atoms with Crippen LogP contribution in [-0.4, -0.2) is 18.5 Å². The predicted octanol–water partition coefficient (Wildman–Crippen LogP) is 11.6. The Morgan fingerprint density at radius 3 is 1.49 bits per heavy atom. The Morgan fingerprint density at radius 1 is 0.569 bits per heavy atom. The molecule has 0 radical (unpaired) electrons. The standard InChI is InChI=1S/C38H37F9NO2P/c1-23(2)26-21-29(24(3)4)33(30(22-26)25(5)6)51(32-20-14-13-19-31(32)34(49-51,36(39,40)41)37(42,43)44)48(28-17-11-8-12-18-28)35(50-51,38(45,46)47)27-15-9-7-10-16-27/h7-25H,1-6H3. The van der Waals surface area contributed by atoms with Gasteiger partial charge in [-0.1, -0.05) is 0 Å². The van der Waals surface area contributed by atoms with E-state index >= 15 is 39.5 Å². The van der Waals surface area contributed by atoms with Crippen LogP contribution in [0, 0.1) is 0 Å². The van der Waals surface area contributed by atoms with Crippen LogP contribution >= 0.6 is 7.21 Å². The molecule has 13 heteroatoms. The number of halogens is 9. The fourth-order valence-corrected chi connectivity index (χ4v) is 14.2. The second-order valence-corrected chi connectivity index (χ2v) is 17.5. The maximum atomic E-state index is 16.2. The Hall–Kier alpha value is -3.60. The van der Waals surface area contributed by atoms with Crippen molar-refractivity contribution < 1.29 is 48.6 Å². The summed E-state index contributed by atoms with van der Waals surface area (Å²) in [5.41, 5.74) is -9.78. The molecule has 1 atom stereocenters. The summed E-state index contributed by atoms with van der Waals surface area (Å²) in [6.07, 6.45) is -17.8. The van der Waals surface area contributed by atoms with E-state index in [2.05, 4.69) is 0 Å². The van der Waals surface area contributed by atoms with E-state index in [0.717, 1.165) is 24.3 Å². The van der Waals surface area contributed by atoms with Crippen molar-refractivity contribution in [3.8, 4) is 0 Å². The van der Waals surface area contributed by atoms with Crippen LogP contribution in [0.15, 0.2) is 97.1 Å². The van der Waals surface area contributed by atoms with Gasteiger partial charge in [-0.05, 0) is 0 Å². The van der Waals surface area contributed by atoms with E-state index in [1.807, 2.05) is 13.8 Å². The van der Waals surface area contributed by atoms with Gasteiger partial charge in [0.15, 0.2) is 0 Å². The fraction of sp³-hybridized carbons (Fsp3) is 0.368. The van der Waals surface area contributed by atoms with Gasteiger partial charge in [0.05, 0.1) is 0 Å². The molecule has 1 spiro atoms. The van der Waals surface area contributed by atoms with Gasteiger partial charge in [0.25, 0.3) is 0 Å². The molecule has 0 N–H and O–H groups in total. The number of fused-ring (bicyclic) bond motifs is 2. The molecule has 1 saturated heterocycles. The number of para-hydroxylation sites is 1. The minimum absolute atomic E-state index is 0.157. The van der Waals surface area contributed by atoms with Crippen molar-refractivity contribution in [2.24, 2.45) is 0 Å². The van der Waals surface area contributed by atoms with E-state index in [-0.39, 0.29) is 28.0 Å². The number of benzene rings is 4. The number of alkyl halides is 9. The molecule has 6 rings (SSSR count). The molecular formula is C38H37F9NO2P. The molecule has 274 valence electrons. The van der Waals surface area contributed by atoms with Gasteiger partial charge in [0.1, 0.15) is 0 Å². The van der Waals surface area contributed by atoms with Crippen LogP contribution in [0.3, 0.4) is 0 Å². The van der Waals surface area contributed by atoms with E-state index in [9.17, 15) is 0 Å². The van der Waals surface area contributed by atoms with E-state index in [0.29, 0.717) is 16.3 Å². The number of anilines is 1. The Bertz CT molecular complexity index is 1900. The third kappa shape index (κ3) is 4.78. The molecule has 2 aliphatic heterocycles. The van der Waals surface area contributed by atoms with Crippen molar-refractivity contribution in [1.29, 1.82) is 0 Å². The number of nitrogens with zero attached hydrogens (tertiary/aromatic N) is 1. The minimum atomic E-state index is -6.54. The Kier molecular flexibility index (Phi) is 8.53. The summed E-state index contributed by atoms with van der Waals surface area (Å²) in [5.74, 6) is -1.39. The predicted molar refractivity (Wildman–Crippen MR) is 180 cm³/mol. The van der Waals surface area contributed by atoms with Gasteiger partial charge in [-0.3, -0.25) is 0 Å². The summed E-state index contributed by atoms with van der Waals surface area (Å²) in [6, 6.07) is 20.0. The van der Waals surface area contributed by atoms with Gasteiger partial charge in [-0.15, -0.1) is 0 Å². The SMILES string of the molecule is CC(C)c1cc(C(C)C)c(P23(OC(c4ccccc4)(C(F)(F)F)N2c2ccccc2)OC(C(F)(F)F)(C(F)(F)F)c2ccccc23)c(C(C)C)c1. The Balaban J connectivity index is 1.97. The van der Waals surface area contributed by atoms with Crippen LogP contribution in [0.4, 0.5) is 45.2 Å².